The smallest absolute Gasteiger partial charge is 0.254 e. The maximum Gasteiger partial charge on any atom is 0.254 e. The van der Waals surface area contributed by atoms with E-state index in [1.807, 2.05) is 32.5 Å². The number of rotatable bonds is 3. The Labute approximate surface area is 149 Å². The highest BCUT2D eigenvalue weighted by Crippen LogP contribution is 2.27. The molecule has 25 heavy (non-hydrogen) atoms. The number of benzene rings is 1. The van der Waals surface area contributed by atoms with E-state index >= 15 is 0 Å². The van der Waals surface area contributed by atoms with Gasteiger partial charge in [-0.2, -0.15) is 11.3 Å². The molecule has 0 aliphatic carbocycles. The van der Waals surface area contributed by atoms with E-state index in [4.69, 9.17) is 0 Å². The molecule has 6 heteroatoms. The van der Waals surface area contributed by atoms with Crippen LogP contribution in [0.4, 0.5) is 4.39 Å². The Morgan fingerprint density at radius 1 is 1.24 bits per heavy atom. The van der Waals surface area contributed by atoms with Gasteiger partial charge in [0.15, 0.2) is 0 Å². The summed E-state index contributed by atoms with van der Waals surface area (Å²) in [6, 6.07) is 8.22. The Hall–Kier alpha value is -2.47. The normalized spacial score (nSPS) is 17.6. The highest BCUT2D eigenvalue weighted by atomic mass is 32.1. The van der Waals surface area contributed by atoms with E-state index in [1.54, 1.807) is 29.8 Å². The number of hydrogen-bond donors (Lipinski definition) is 0. The zero-order chi connectivity index (χ0) is 17.2. The van der Waals surface area contributed by atoms with Gasteiger partial charge in [0, 0.05) is 36.3 Å². The van der Waals surface area contributed by atoms with E-state index in [9.17, 15) is 9.18 Å². The van der Waals surface area contributed by atoms with Crippen LogP contribution in [0.25, 0.3) is 5.69 Å². The lowest BCUT2D eigenvalue weighted by Crippen LogP contribution is -2.39. The summed E-state index contributed by atoms with van der Waals surface area (Å²) < 4.78 is 15.0. The average Bonchev–Trinajstić information content (AvgIpc) is 3.34. The molecule has 0 spiro atoms. The summed E-state index contributed by atoms with van der Waals surface area (Å²) in [6.45, 7) is 1.49. The van der Waals surface area contributed by atoms with Crippen LogP contribution in [0.15, 0.2) is 53.6 Å². The first-order chi connectivity index (χ1) is 12.2. The van der Waals surface area contributed by atoms with Gasteiger partial charge < -0.3 is 9.47 Å². The van der Waals surface area contributed by atoms with Crippen molar-refractivity contribution in [3.63, 3.8) is 0 Å². The topological polar surface area (TPSA) is 38.1 Å². The summed E-state index contributed by atoms with van der Waals surface area (Å²) in [7, 11) is 0. The van der Waals surface area contributed by atoms with E-state index < -0.39 is 0 Å². The minimum Gasteiger partial charge on any atom is -0.338 e. The molecule has 0 saturated carbocycles. The van der Waals surface area contributed by atoms with Crippen molar-refractivity contribution in [1.29, 1.82) is 0 Å². The van der Waals surface area contributed by atoms with Crippen molar-refractivity contribution < 1.29 is 9.18 Å². The third-order valence-electron chi connectivity index (χ3n) is 4.62. The summed E-state index contributed by atoms with van der Waals surface area (Å²) in [5.41, 5.74) is 2.62. The number of piperidine rings is 1. The number of carbonyl (C=O) groups excluding carboxylic acids is 1. The molecule has 1 aliphatic rings. The van der Waals surface area contributed by atoms with Crippen molar-refractivity contribution in [2.75, 3.05) is 13.1 Å². The third-order valence-corrected chi connectivity index (χ3v) is 5.31. The first kappa shape index (κ1) is 16.0. The predicted molar refractivity (Wildman–Crippen MR) is 95.7 cm³/mol. The number of likely N-dealkylation sites (tertiary alicyclic amines) is 1. The van der Waals surface area contributed by atoms with Crippen molar-refractivity contribution >= 4 is 17.2 Å². The van der Waals surface area contributed by atoms with Crippen LogP contribution >= 0.6 is 11.3 Å². The Bertz CT molecular complexity index is 857. The van der Waals surface area contributed by atoms with Crippen LogP contribution in [-0.4, -0.2) is 33.4 Å². The van der Waals surface area contributed by atoms with Gasteiger partial charge in [0.25, 0.3) is 5.91 Å². The van der Waals surface area contributed by atoms with E-state index in [1.165, 1.54) is 12.1 Å². The zero-order valence-corrected chi connectivity index (χ0v) is 14.5. The summed E-state index contributed by atoms with van der Waals surface area (Å²) in [5.74, 6) is 0.0842. The molecule has 1 amide bonds. The van der Waals surface area contributed by atoms with Gasteiger partial charge in [-0.1, -0.05) is 0 Å². The number of halogens is 1. The average molecular weight is 355 g/mol. The molecule has 1 aliphatic heterocycles. The van der Waals surface area contributed by atoms with E-state index in [2.05, 4.69) is 4.98 Å². The highest BCUT2D eigenvalue weighted by molar-refractivity contribution is 7.08. The van der Waals surface area contributed by atoms with Crippen LogP contribution in [0.2, 0.25) is 0 Å². The maximum atomic E-state index is 13.1. The van der Waals surface area contributed by atoms with Gasteiger partial charge in [-0.15, -0.1) is 0 Å². The Morgan fingerprint density at radius 2 is 2.08 bits per heavy atom. The monoisotopic (exact) mass is 355 g/mol. The summed E-state index contributed by atoms with van der Waals surface area (Å²) in [5, 5.41) is 3.83. The number of nitrogens with zero attached hydrogens (tertiary/aromatic N) is 3. The van der Waals surface area contributed by atoms with Crippen molar-refractivity contribution in [3.05, 3.63) is 70.7 Å². The third kappa shape index (κ3) is 3.35. The van der Waals surface area contributed by atoms with Crippen LogP contribution in [0.3, 0.4) is 0 Å². The van der Waals surface area contributed by atoms with E-state index in [0.29, 0.717) is 6.54 Å². The molecule has 0 unspecified atom stereocenters. The second-order valence-corrected chi connectivity index (χ2v) is 7.06. The molecule has 4 rings (SSSR count). The number of carbonyl (C=O) groups is 1. The molecule has 3 aromatic rings. The van der Waals surface area contributed by atoms with Crippen molar-refractivity contribution in [2.24, 2.45) is 0 Å². The molecule has 4 nitrogen and oxygen atoms in total. The molecular weight excluding hydrogens is 337 g/mol. The van der Waals surface area contributed by atoms with Crippen molar-refractivity contribution in [3.8, 4) is 5.69 Å². The summed E-state index contributed by atoms with van der Waals surface area (Å²) in [4.78, 5) is 19.0. The lowest BCUT2D eigenvalue weighted by Gasteiger charge is -2.31. The van der Waals surface area contributed by atoms with Crippen molar-refractivity contribution in [2.45, 2.75) is 18.8 Å². The van der Waals surface area contributed by atoms with Gasteiger partial charge in [0.05, 0.1) is 17.6 Å². The second-order valence-electron chi connectivity index (χ2n) is 6.28. The lowest BCUT2D eigenvalue weighted by molar-refractivity contribution is 0.0706. The fourth-order valence-corrected chi connectivity index (χ4v) is 3.90. The first-order valence-electron chi connectivity index (χ1n) is 8.32. The van der Waals surface area contributed by atoms with Gasteiger partial charge in [-0.25, -0.2) is 9.37 Å². The molecule has 128 valence electrons. The van der Waals surface area contributed by atoms with Crippen LogP contribution in [0, 0.1) is 5.82 Å². The first-order valence-corrected chi connectivity index (χ1v) is 9.26. The molecule has 3 heterocycles. The largest absolute Gasteiger partial charge is 0.338 e. The van der Waals surface area contributed by atoms with Gasteiger partial charge in [-0.3, -0.25) is 4.79 Å². The van der Waals surface area contributed by atoms with E-state index in [-0.39, 0.29) is 17.6 Å². The minimum atomic E-state index is -0.251. The Morgan fingerprint density at radius 3 is 2.84 bits per heavy atom. The Kier molecular flexibility index (Phi) is 4.36. The molecule has 1 atom stereocenters. The van der Waals surface area contributed by atoms with Crippen LogP contribution in [0.5, 0.6) is 0 Å². The number of imidazole rings is 1. The maximum absolute atomic E-state index is 13.1. The summed E-state index contributed by atoms with van der Waals surface area (Å²) in [6.07, 6.45) is 5.73. The van der Waals surface area contributed by atoms with Gasteiger partial charge in [-0.05, 0) is 48.6 Å². The minimum absolute atomic E-state index is 0.101. The zero-order valence-electron chi connectivity index (χ0n) is 13.6. The fraction of sp³-hybridized carbons (Fsp3) is 0.263. The predicted octanol–water partition coefficient (Wildman–Crippen LogP) is 4.09. The standard InChI is InChI=1S/C19H18FN3OS/c20-16-3-5-17(6-4-16)23-11-18(21-13-23)14-2-1-8-22(10-14)19(24)15-7-9-25-12-15/h3-7,9,11-14H,1-2,8,10H2/t14-/m0/s1. The van der Waals surface area contributed by atoms with Crippen LogP contribution in [-0.2, 0) is 0 Å². The number of aromatic nitrogens is 2. The SMILES string of the molecule is O=C(c1ccsc1)N1CCC[C@H](c2cn(-c3ccc(F)cc3)cn2)C1. The molecule has 1 fully saturated rings. The fourth-order valence-electron chi connectivity index (χ4n) is 3.28. The van der Waals surface area contributed by atoms with Gasteiger partial charge >= 0.3 is 0 Å². The van der Waals surface area contributed by atoms with E-state index in [0.717, 1.165) is 36.3 Å². The van der Waals surface area contributed by atoms with Crippen LogP contribution in [0.1, 0.15) is 34.8 Å². The highest BCUT2D eigenvalue weighted by Gasteiger charge is 2.27. The van der Waals surface area contributed by atoms with Crippen LogP contribution < -0.4 is 0 Å². The molecule has 2 aromatic heterocycles. The molecule has 1 aromatic carbocycles. The van der Waals surface area contributed by atoms with Crippen molar-refractivity contribution in [1.82, 2.24) is 14.5 Å². The molecule has 0 bridgehead atoms. The lowest BCUT2D eigenvalue weighted by atomic mass is 9.95. The molecule has 0 radical (unpaired) electrons. The Balaban J connectivity index is 1.50. The number of amides is 1. The number of thiophene rings is 1. The van der Waals surface area contributed by atoms with Gasteiger partial charge in [0.2, 0.25) is 0 Å². The quantitative estimate of drug-likeness (QED) is 0.710. The number of hydrogen-bond acceptors (Lipinski definition) is 3. The summed E-state index contributed by atoms with van der Waals surface area (Å²) >= 11 is 1.54. The second kappa shape index (κ2) is 6.80. The molecule has 1 saturated heterocycles. The molecular formula is C19H18FN3OS. The molecule has 0 N–H and O–H groups in total. The van der Waals surface area contributed by atoms with Gasteiger partial charge in [0.1, 0.15) is 5.82 Å².